The number of benzene rings is 5. The van der Waals surface area contributed by atoms with Gasteiger partial charge in [-0.2, -0.15) is 0 Å². The normalized spacial score (nSPS) is 13.0. The Morgan fingerprint density at radius 3 is 2.19 bits per heavy atom. The number of nitrogens with zero attached hydrogens (tertiary/aromatic N) is 3. The number of hydrogen-bond acceptors (Lipinski definition) is 4. The molecule has 48 heavy (non-hydrogen) atoms. The summed E-state index contributed by atoms with van der Waals surface area (Å²) in [7, 11) is 0. The van der Waals surface area contributed by atoms with Crippen LogP contribution in [0.15, 0.2) is 128 Å². The van der Waals surface area contributed by atoms with Gasteiger partial charge in [-0.05, 0) is 88.3 Å². The fraction of sp³-hybridized carbons (Fsp3) is 0.116. The molecule has 2 aromatic heterocycles. The number of anilines is 3. The van der Waals surface area contributed by atoms with Crippen molar-refractivity contribution < 1.29 is 26.2 Å². The monoisotopic (exact) mass is 803 g/mol. The smallest absolute Gasteiger partial charge is 0.148 e. The van der Waals surface area contributed by atoms with Crippen LogP contribution in [0.2, 0.25) is 0 Å². The third kappa shape index (κ3) is 5.21. The fourth-order valence-corrected chi connectivity index (χ4v) is 6.95. The van der Waals surface area contributed by atoms with Crippen LogP contribution in [0.25, 0.3) is 44.4 Å². The van der Waals surface area contributed by atoms with Gasteiger partial charge in [0.25, 0.3) is 0 Å². The molecule has 0 spiro atoms. The second-order valence-corrected chi connectivity index (χ2v) is 12.9. The summed E-state index contributed by atoms with van der Waals surface area (Å²) in [5.74, 6) is 1.03. The quantitative estimate of drug-likeness (QED) is 0.180. The summed E-state index contributed by atoms with van der Waals surface area (Å²) in [6.45, 7) is 8.69. The Kier molecular flexibility index (Phi) is 8.01. The Labute approximate surface area is 296 Å². The van der Waals surface area contributed by atoms with E-state index in [-0.39, 0.29) is 32.2 Å². The van der Waals surface area contributed by atoms with Gasteiger partial charge in [-0.15, -0.1) is 23.8 Å². The first-order valence-corrected chi connectivity index (χ1v) is 16.0. The average Bonchev–Trinajstić information content (AvgIpc) is 3.10. The molecule has 0 amide bonds. The molecule has 0 saturated carbocycles. The zero-order valence-electron chi connectivity index (χ0n) is 27.2. The summed E-state index contributed by atoms with van der Waals surface area (Å²) >= 11 is 0. The zero-order valence-corrected chi connectivity index (χ0v) is 29.5. The Balaban J connectivity index is 0.00000364. The van der Waals surface area contributed by atoms with E-state index in [1.807, 2.05) is 42.6 Å². The van der Waals surface area contributed by atoms with E-state index in [1.54, 1.807) is 0 Å². The summed E-state index contributed by atoms with van der Waals surface area (Å²) in [6, 6.07) is 45.5. The van der Waals surface area contributed by atoms with Crippen LogP contribution in [0.3, 0.4) is 0 Å². The molecule has 8 rings (SSSR count). The van der Waals surface area contributed by atoms with E-state index in [0.717, 1.165) is 67.2 Å². The van der Waals surface area contributed by atoms with Crippen molar-refractivity contribution in [2.75, 3.05) is 4.90 Å². The predicted octanol–water partition coefficient (Wildman–Crippen LogP) is 10.9. The molecule has 1 N–H and O–H groups in total. The molecule has 238 valence electrons. The van der Waals surface area contributed by atoms with Crippen LogP contribution in [-0.4, -0.2) is 15.1 Å². The van der Waals surface area contributed by atoms with Crippen LogP contribution in [-0.2, 0) is 26.5 Å². The van der Waals surface area contributed by atoms with Crippen LogP contribution >= 0.6 is 0 Å². The van der Waals surface area contributed by atoms with Crippen LogP contribution in [0.1, 0.15) is 36.1 Å². The maximum Gasteiger partial charge on any atom is 0.148 e. The number of aromatic nitrogens is 2. The molecule has 5 aromatic carbocycles. The number of para-hydroxylation sites is 1. The van der Waals surface area contributed by atoms with E-state index >= 15 is 0 Å². The molecular formula is C43H34N3OPt-. The van der Waals surface area contributed by atoms with Crippen molar-refractivity contribution in [3.05, 3.63) is 156 Å². The SMILES string of the molecule is Cc1ccnc(N2c3[c-]c(-c4ccc5c(C)cc(-c6ccc(-c7ccccc7)cc6)c(O)c5n4)ccc3C(C)(C)c3ccccc32)c1.[Pt]. The van der Waals surface area contributed by atoms with Crippen molar-refractivity contribution in [1.29, 1.82) is 0 Å². The zero-order chi connectivity index (χ0) is 32.3. The number of aryl methyl sites for hydroxylation is 2. The number of aromatic hydroxyl groups is 1. The summed E-state index contributed by atoms with van der Waals surface area (Å²) in [4.78, 5) is 12.1. The second-order valence-electron chi connectivity index (χ2n) is 12.9. The van der Waals surface area contributed by atoms with Crippen molar-refractivity contribution in [3.63, 3.8) is 0 Å². The van der Waals surface area contributed by atoms with Crippen molar-refractivity contribution >= 4 is 28.1 Å². The van der Waals surface area contributed by atoms with Gasteiger partial charge in [0, 0.05) is 43.9 Å². The minimum absolute atomic E-state index is 0. The molecule has 0 unspecified atom stereocenters. The first kappa shape index (κ1) is 31.5. The van der Waals surface area contributed by atoms with E-state index < -0.39 is 0 Å². The van der Waals surface area contributed by atoms with Crippen molar-refractivity contribution in [3.8, 4) is 39.3 Å². The summed E-state index contributed by atoms with van der Waals surface area (Å²) in [5, 5.41) is 12.6. The molecule has 0 aliphatic carbocycles. The average molecular weight is 804 g/mol. The topological polar surface area (TPSA) is 49.2 Å². The molecule has 4 nitrogen and oxygen atoms in total. The summed E-state index contributed by atoms with van der Waals surface area (Å²) in [6.07, 6.45) is 1.86. The molecule has 0 saturated heterocycles. The Hall–Kier alpha value is -5.05. The molecule has 5 heteroatoms. The maximum absolute atomic E-state index is 11.7. The molecule has 0 fully saturated rings. The molecule has 3 heterocycles. The Bertz CT molecular complexity index is 2310. The van der Waals surface area contributed by atoms with Gasteiger partial charge in [-0.3, -0.25) is 4.98 Å². The Morgan fingerprint density at radius 2 is 1.42 bits per heavy atom. The van der Waals surface area contributed by atoms with Crippen LogP contribution < -0.4 is 4.90 Å². The minimum atomic E-state index is -0.238. The van der Waals surface area contributed by atoms with E-state index in [0.29, 0.717) is 5.52 Å². The predicted molar refractivity (Wildman–Crippen MR) is 193 cm³/mol. The van der Waals surface area contributed by atoms with Gasteiger partial charge in [0.2, 0.25) is 0 Å². The van der Waals surface area contributed by atoms with E-state index in [2.05, 4.69) is 124 Å². The van der Waals surface area contributed by atoms with E-state index in [1.165, 1.54) is 11.1 Å². The summed E-state index contributed by atoms with van der Waals surface area (Å²) in [5.41, 5.74) is 12.6. The summed E-state index contributed by atoms with van der Waals surface area (Å²) < 4.78 is 0. The van der Waals surface area contributed by atoms with Gasteiger partial charge in [0.1, 0.15) is 17.1 Å². The largest absolute Gasteiger partial charge is 0.505 e. The Morgan fingerprint density at radius 1 is 0.708 bits per heavy atom. The molecule has 7 aromatic rings. The van der Waals surface area contributed by atoms with Gasteiger partial charge < -0.3 is 10.0 Å². The third-order valence-corrected chi connectivity index (χ3v) is 9.51. The molecule has 0 bridgehead atoms. The van der Waals surface area contributed by atoms with Gasteiger partial charge >= 0.3 is 0 Å². The van der Waals surface area contributed by atoms with Crippen LogP contribution in [0, 0.1) is 19.9 Å². The van der Waals surface area contributed by atoms with Gasteiger partial charge in [-0.25, -0.2) is 4.98 Å². The number of fused-ring (bicyclic) bond motifs is 3. The molecule has 1 aliphatic rings. The number of hydrogen-bond donors (Lipinski definition) is 1. The van der Waals surface area contributed by atoms with Gasteiger partial charge in [0.15, 0.2) is 0 Å². The number of phenolic OH excluding ortho intramolecular Hbond substituents is 1. The number of phenols is 1. The second kappa shape index (κ2) is 12.2. The standard InChI is InChI=1S/C43H34N3O.Pt/c1-27-22-23-44-40(24-27)46-38-13-9-8-12-35(38)43(3,4)36-20-18-32(26-39(36)46)37-21-19-33-28(2)25-34(42(47)41(33)45-37)31-16-14-30(15-17-31)29-10-6-5-7-11-29;/h5-25,47H,1-4H3;/q-1;. The van der Waals surface area contributed by atoms with Crippen molar-refractivity contribution in [1.82, 2.24) is 9.97 Å². The van der Waals surface area contributed by atoms with E-state index in [4.69, 9.17) is 9.97 Å². The van der Waals surface area contributed by atoms with E-state index in [9.17, 15) is 5.11 Å². The molecule has 1 aliphatic heterocycles. The number of rotatable bonds is 4. The number of pyridine rings is 2. The minimum Gasteiger partial charge on any atom is -0.505 e. The van der Waals surface area contributed by atoms with Crippen LogP contribution in [0.4, 0.5) is 17.2 Å². The van der Waals surface area contributed by atoms with Crippen LogP contribution in [0.5, 0.6) is 5.75 Å². The first-order chi connectivity index (χ1) is 22.8. The van der Waals surface area contributed by atoms with Crippen molar-refractivity contribution in [2.45, 2.75) is 33.1 Å². The fourth-order valence-electron chi connectivity index (χ4n) is 6.95. The molecule has 0 radical (unpaired) electrons. The first-order valence-electron chi connectivity index (χ1n) is 16.0. The van der Waals surface area contributed by atoms with Crippen molar-refractivity contribution in [2.24, 2.45) is 0 Å². The molecule has 0 atom stereocenters. The third-order valence-electron chi connectivity index (χ3n) is 9.51. The molecular weight excluding hydrogens is 770 g/mol. The maximum atomic E-state index is 11.7. The van der Waals surface area contributed by atoms with Gasteiger partial charge in [-0.1, -0.05) is 104 Å². The van der Waals surface area contributed by atoms with Gasteiger partial charge in [0.05, 0.1) is 0 Å².